The number of hydrogen-bond donors (Lipinski definition) is 1. The van der Waals surface area contributed by atoms with Gasteiger partial charge in [-0.2, -0.15) is 0 Å². The molecule has 0 heterocycles. The predicted octanol–water partition coefficient (Wildman–Crippen LogP) is 3.89. The molecule has 0 fully saturated rings. The van der Waals surface area contributed by atoms with Gasteiger partial charge in [-0.3, -0.25) is 4.79 Å². The van der Waals surface area contributed by atoms with E-state index < -0.39 is 0 Å². The summed E-state index contributed by atoms with van der Waals surface area (Å²) >= 11 is 6.29. The van der Waals surface area contributed by atoms with E-state index in [9.17, 15) is 4.79 Å². The van der Waals surface area contributed by atoms with E-state index in [1.54, 1.807) is 6.07 Å². The van der Waals surface area contributed by atoms with E-state index in [1.807, 2.05) is 30.3 Å². The minimum absolute atomic E-state index is 0.117. The van der Waals surface area contributed by atoms with E-state index in [1.165, 1.54) is 12.5 Å². The fourth-order valence-corrected chi connectivity index (χ4v) is 2.06. The minimum Gasteiger partial charge on any atom is -0.325 e. The molecule has 0 aliphatic carbocycles. The van der Waals surface area contributed by atoms with E-state index in [0.29, 0.717) is 10.7 Å². The SMILES string of the molecule is CC(=O)Nc1cccc(Cc2ccccc2)c1Cl. The van der Waals surface area contributed by atoms with Gasteiger partial charge in [-0.05, 0) is 23.6 Å². The summed E-state index contributed by atoms with van der Waals surface area (Å²) in [5.74, 6) is -0.117. The summed E-state index contributed by atoms with van der Waals surface area (Å²) in [5.41, 5.74) is 2.87. The third-order valence-electron chi connectivity index (χ3n) is 2.63. The molecule has 0 unspecified atom stereocenters. The van der Waals surface area contributed by atoms with Crippen LogP contribution >= 0.6 is 11.6 Å². The zero-order chi connectivity index (χ0) is 13.0. The fraction of sp³-hybridized carbons (Fsp3) is 0.133. The first kappa shape index (κ1) is 12.7. The number of carbonyl (C=O) groups is 1. The molecular formula is C15H14ClNO. The van der Waals surface area contributed by atoms with E-state index in [2.05, 4.69) is 17.4 Å². The van der Waals surface area contributed by atoms with Gasteiger partial charge in [0.25, 0.3) is 0 Å². The summed E-state index contributed by atoms with van der Waals surface area (Å²) in [6.45, 7) is 1.47. The van der Waals surface area contributed by atoms with Crippen molar-refractivity contribution in [2.45, 2.75) is 13.3 Å². The molecule has 0 radical (unpaired) electrons. The Labute approximate surface area is 112 Å². The highest BCUT2D eigenvalue weighted by Crippen LogP contribution is 2.27. The number of rotatable bonds is 3. The molecule has 0 aliphatic heterocycles. The van der Waals surface area contributed by atoms with Gasteiger partial charge in [-0.1, -0.05) is 54.1 Å². The van der Waals surface area contributed by atoms with Gasteiger partial charge >= 0.3 is 0 Å². The first-order valence-electron chi connectivity index (χ1n) is 5.75. The predicted molar refractivity (Wildman–Crippen MR) is 75.0 cm³/mol. The van der Waals surface area contributed by atoms with Crippen LogP contribution in [-0.2, 0) is 11.2 Å². The maximum Gasteiger partial charge on any atom is 0.221 e. The molecule has 0 atom stereocenters. The highest BCUT2D eigenvalue weighted by atomic mass is 35.5. The number of halogens is 1. The maximum absolute atomic E-state index is 11.1. The molecule has 0 saturated heterocycles. The van der Waals surface area contributed by atoms with Crippen molar-refractivity contribution in [1.82, 2.24) is 0 Å². The standard InChI is InChI=1S/C15H14ClNO/c1-11(18)17-14-9-5-8-13(15(14)16)10-12-6-3-2-4-7-12/h2-9H,10H2,1H3,(H,17,18). The molecule has 0 spiro atoms. The number of anilines is 1. The fourth-order valence-electron chi connectivity index (χ4n) is 1.82. The monoisotopic (exact) mass is 259 g/mol. The van der Waals surface area contributed by atoms with Crippen molar-refractivity contribution in [2.24, 2.45) is 0 Å². The lowest BCUT2D eigenvalue weighted by Gasteiger charge is -2.10. The molecule has 3 heteroatoms. The lowest BCUT2D eigenvalue weighted by atomic mass is 10.0. The lowest BCUT2D eigenvalue weighted by Crippen LogP contribution is -2.07. The van der Waals surface area contributed by atoms with E-state index in [-0.39, 0.29) is 5.91 Å². The van der Waals surface area contributed by atoms with Crippen LogP contribution in [0.25, 0.3) is 0 Å². The molecule has 18 heavy (non-hydrogen) atoms. The molecule has 92 valence electrons. The summed E-state index contributed by atoms with van der Waals surface area (Å²) < 4.78 is 0. The Morgan fingerprint density at radius 2 is 1.83 bits per heavy atom. The quantitative estimate of drug-likeness (QED) is 0.890. The Morgan fingerprint density at radius 3 is 2.50 bits per heavy atom. The van der Waals surface area contributed by atoms with Gasteiger partial charge in [0.2, 0.25) is 5.91 Å². The van der Waals surface area contributed by atoms with E-state index in [0.717, 1.165) is 12.0 Å². The van der Waals surface area contributed by atoms with E-state index in [4.69, 9.17) is 11.6 Å². The zero-order valence-corrected chi connectivity index (χ0v) is 10.9. The Morgan fingerprint density at radius 1 is 1.11 bits per heavy atom. The van der Waals surface area contributed by atoms with Crippen LogP contribution < -0.4 is 5.32 Å². The second kappa shape index (κ2) is 5.69. The Kier molecular flexibility index (Phi) is 4.00. The Hall–Kier alpha value is -1.80. The van der Waals surface area contributed by atoms with Crippen molar-refractivity contribution in [3.05, 3.63) is 64.7 Å². The van der Waals surface area contributed by atoms with Crippen LogP contribution in [0.3, 0.4) is 0 Å². The number of benzene rings is 2. The molecule has 1 amide bonds. The lowest BCUT2D eigenvalue weighted by molar-refractivity contribution is -0.114. The van der Waals surface area contributed by atoms with Crippen LogP contribution in [0.5, 0.6) is 0 Å². The summed E-state index contributed by atoms with van der Waals surface area (Å²) in [6.07, 6.45) is 0.757. The number of hydrogen-bond acceptors (Lipinski definition) is 1. The van der Waals surface area contributed by atoms with Gasteiger partial charge in [-0.15, -0.1) is 0 Å². The van der Waals surface area contributed by atoms with E-state index >= 15 is 0 Å². The Balaban J connectivity index is 2.26. The number of nitrogens with one attached hydrogen (secondary N) is 1. The van der Waals surface area contributed by atoms with Crippen LogP contribution in [0.2, 0.25) is 5.02 Å². The zero-order valence-electron chi connectivity index (χ0n) is 10.1. The molecule has 2 nitrogen and oxygen atoms in total. The topological polar surface area (TPSA) is 29.1 Å². The second-order valence-electron chi connectivity index (χ2n) is 4.12. The van der Waals surface area contributed by atoms with Crippen molar-refractivity contribution >= 4 is 23.2 Å². The average molecular weight is 260 g/mol. The molecular weight excluding hydrogens is 246 g/mol. The Bertz CT molecular complexity index is 552. The van der Waals surface area contributed by atoms with Crippen molar-refractivity contribution in [1.29, 1.82) is 0 Å². The van der Waals surface area contributed by atoms with Crippen molar-refractivity contribution in [3.63, 3.8) is 0 Å². The van der Waals surface area contributed by atoms with Gasteiger partial charge in [0, 0.05) is 6.92 Å². The molecule has 2 aromatic rings. The van der Waals surface area contributed by atoms with Gasteiger partial charge in [0.1, 0.15) is 0 Å². The van der Waals surface area contributed by atoms with Gasteiger partial charge in [-0.25, -0.2) is 0 Å². The summed E-state index contributed by atoms with van der Waals surface area (Å²) in [6, 6.07) is 15.8. The number of amides is 1. The minimum atomic E-state index is -0.117. The third-order valence-corrected chi connectivity index (χ3v) is 3.07. The smallest absolute Gasteiger partial charge is 0.221 e. The molecule has 0 saturated carbocycles. The van der Waals surface area contributed by atoms with Crippen LogP contribution in [-0.4, -0.2) is 5.91 Å². The highest BCUT2D eigenvalue weighted by Gasteiger charge is 2.07. The van der Waals surface area contributed by atoms with Gasteiger partial charge in [0.15, 0.2) is 0 Å². The molecule has 1 N–H and O–H groups in total. The van der Waals surface area contributed by atoms with Crippen LogP contribution in [0.1, 0.15) is 18.1 Å². The van der Waals surface area contributed by atoms with Crippen LogP contribution in [0, 0.1) is 0 Å². The van der Waals surface area contributed by atoms with Gasteiger partial charge in [0.05, 0.1) is 10.7 Å². The molecule has 2 aromatic carbocycles. The van der Waals surface area contributed by atoms with Crippen molar-refractivity contribution < 1.29 is 4.79 Å². The molecule has 0 aromatic heterocycles. The van der Waals surface area contributed by atoms with Crippen molar-refractivity contribution in [2.75, 3.05) is 5.32 Å². The maximum atomic E-state index is 11.1. The normalized spacial score (nSPS) is 10.1. The first-order valence-corrected chi connectivity index (χ1v) is 6.13. The number of carbonyl (C=O) groups excluding carboxylic acids is 1. The second-order valence-corrected chi connectivity index (χ2v) is 4.50. The third kappa shape index (κ3) is 3.11. The summed E-state index contributed by atoms with van der Waals surface area (Å²) in [4.78, 5) is 11.1. The summed E-state index contributed by atoms with van der Waals surface area (Å²) in [5, 5.41) is 3.34. The average Bonchev–Trinajstić information content (AvgIpc) is 2.35. The molecule has 0 aliphatic rings. The highest BCUT2D eigenvalue weighted by molar-refractivity contribution is 6.34. The van der Waals surface area contributed by atoms with Crippen molar-refractivity contribution in [3.8, 4) is 0 Å². The van der Waals surface area contributed by atoms with Crippen LogP contribution in [0.4, 0.5) is 5.69 Å². The summed E-state index contributed by atoms with van der Waals surface area (Å²) in [7, 11) is 0. The first-order chi connectivity index (χ1) is 8.66. The molecule has 0 bridgehead atoms. The van der Waals surface area contributed by atoms with Gasteiger partial charge < -0.3 is 5.32 Å². The largest absolute Gasteiger partial charge is 0.325 e. The van der Waals surface area contributed by atoms with Crippen LogP contribution in [0.15, 0.2) is 48.5 Å². The molecule has 2 rings (SSSR count).